The van der Waals surface area contributed by atoms with Crippen LogP contribution in [0, 0.1) is 0 Å². The number of hydrogen-bond acceptors (Lipinski definition) is 6. The van der Waals surface area contributed by atoms with Crippen molar-refractivity contribution in [2.24, 2.45) is 14.1 Å². The first kappa shape index (κ1) is 22.1. The largest absolute Gasteiger partial charge is 0.330 e. The molecular formula is C22H28N4O3S2. The lowest BCUT2D eigenvalue weighted by atomic mass is 10.2. The average Bonchev–Trinajstić information content (AvgIpc) is 3.33. The molecule has 7 nitrogen and oxygen atoms in total. The van der Waals surface area contributed by atoms with Crippen molar-refractivity contribution in [1.82, 2.24) is 18.7 Å². The van der Waals surface area contributed by atoms with Crippen molar-refractivity contribution in [3.05, 3.63) is 53.4 Å². The van der Waals surface area contributed by atoms with E-state index in [0.29, 0.717) is 23.1 Å². The van der Waals surface area contributed by atoms with E-state index in [1.807, 2.05) is 4.57 Å². The molecule has 4 rings (SSSR count). The number of unbranched alkanes of at least 4 members (excludes halogenated alkanes) is 3. The van der Waals surface area contributed by atoms with Crippen molar-refractivity contribution in [3.63, 3.8) is 0 Å². The molecule has 0 fully saturated rings. The van der Waals surface area contributed by atoms with Gasteiger partial charge in [0.05, 0.1) is 5.39 Å². The summed E-state index contributed by atoms with van der Waals surface area (Å²) in [6.45, 7) is 2.81. The Balaban J connectivity index is 1.71. The first-order chi connectivity index (χ1) is 14.9. The van der Waals surface area contributed by atoms with Crippen molar-refractivity contribution >= 4 is 33.3 Å². The number of rotatable bonds is 8. The highest BCUT2D eigenvalue weighted by atomic mass is 32.2. The zero-order valence-electron chi connectivity index (χ0n) is 18.3. The summed E-state index contributed by atoms with van der Waals surface area (Å²) >= 11 is 3.06. The van der Waals surface area contributed by atoms with Crippen LogP contribution in [0.4, 0.5) is 0 Å². The van der Waals surface area contributed by atoms with E-state index < -0.39 is 0 Å². The Morgan fingerprint density at radius 1 is 1.10 bits per heavy atom. The highest BCUT2D eigenvalue weighted by molar-refractivity contribution is 7.98. The Morgan fingerprint density at radius 2 is 1.90 bits per heavy atom. The van der Waals surface area contributed by atoms with Gasteiger partial charge in [0.15, 0.2) is 5.16 Å². The minimum absolute atomic E-state index is 0.0567. The van der Waals surface area contributed by atoms with Gasteiger partial charge in [0.25, 0.3) is 11.1 Å². The first-order valence-electron chi connectivity index (χ1n) is 10.9. The van der Waals surface area contributed by atoms with Gasteiger partial charge in [0.1, 0.15) is 4.83 Å². The van der Waals surface area contributed by atoms with Crippen LogP contribution in [0.5, 0.6) is 0 Å². The van der Waals surface area contributed by atoms with Gasteiger partial charge in [0, 0.05) is 43.0 Å². The van der Waals surface area contributed by atoms with E-state index in [-0.39, 0.29) is 16.8 Å². The summed E-state index contributed by atoms with van der Waals surface area (Å²) in [5, 5.41) is 1.47. The summed E-state index contributed by atoms with van der Waals surface area (Å²) in [5.74, 6) is 0.403. The third kappa shape index (κ3) is 4.17. The molecule has 0 spiro atoms. The van der Waals surface area contributed by atoms with Crippen LogP contribution in [-0.2, 0) is 39.2 Å². The standard InChI is InChI=1S/C22H28N4O3S2/c1-4-5-6-7-11-26-20(28)18-15-9-8-10-16(15)31-19(18)23-21(26)30-13-14-12-17(27)25(3)22(29)24(14)2/h12H,4-11,13H2,1-3H3. The van der Waals surface area contributed by atoms with Crippen LogP contribution in [-0.4, -0.2) is 18.7 Å². The fourth-order valence-corrected chi connectivity index (χ4v) is 6.47. The predicted octanol–water partition coefficient (Wildman–Crippen LogP) is 3.22. The van der Waals surface area contributed by atoms with Gasteiger partial charge >= 0.3 is 5.69 Å². The third-order valence-corrected chi connectivity index (χ3v) is 8.20. The maximum Gasteiger partial charge on any atom is 0.330 e. The second-order valence-corrected chi connectivity index (χ2v) is 10.1. The number of aromatic nitrogens is 4. The molecule has 0 aromatic carbocycles. The average molecular weight is 461 g/mol. The van der Waals surface area contributed by atoms with Crippen LogP contribution in [0.2, 0.25) is 0 Å². The second kappa shape index (κ2) is 9.16. The SMILES string of the molecule is CCCCCCn1c(SCc2cc(=O)n(C)c(=O)n2C)nc2sc3c(c2c1=O)CCC3. The molecule has 3 aromatic heterocycles. The molecule has 3 aromatic rings. The molecule has 3 heterocycles. The zero-order chi connectivity index (χ0) is 22.1. The van der Waals surface area contributed by atoms with Crippen LogP contribution in [0.1, 0.15) is 55.2 Å². The minimum atomic E-state index is -0.349. The fourth-order valence-electron chi connectivity index (χ4n) is 4.12. The van der Waals surface area contributed by atoms with Crippen molar-refractivity contribution in [2.45, 2.75) is 69.3 Å². The van der Waals surface area contributed by atoms with Crippen LogP contribution in [0.3, 0.4) is 0 Å². The lowest BCUT2D eigenvalue weighted by Crippen LogP contribution is -2.37. The quantitative estimate of drug-likeness (QED) is 0.293. The van der Waals surface area contributed by atoms with E-state index in [4.69, 9.17) is 4.98 Å². The third-order valence-electron chi connectivity index (χ3n) is 6.00. The number of hydrogen-bond donors (Lipinski definition) is 0. The maximum atomic E-state index is 13.5. The highest BCUT2D eigenvalue weighted by Crippen LogP contribution is 2.36. The Labute approximate surface area is 188 Å². The van der Waals surface area contributed by atoms with Gasteiger partial charge in [-0.15, -0.1) is 11.3 Å². The summed E-state index contributed by atoms with van der Waals surface area (Å²) < 4.78 is 4.39. The Kier molecular flexibility index (Phi) is 6.52. The van der Waals surface area contributed by atoms with E-state index in [2.05, 4.69) is 6.92 Å². The molecule has 0 saturated carbocycles. The van der Waals surface area contributed by atoms with Crippen molar-refractivity contribution in [2.75, 3.05) is 0 Å². The molecule has 0 unspecified atom stereocenters. The van der Waals surface area contributed by atoms with E-state index in [0.717, 1.165) is 59.7 Å². The van der Waals surface area contributed by atoms with Gasteiger partial charge < -0.3 is 0 Å². The molecule has 31 heavy (non-hydrogen) atoms. The van der Waals surface area contributed by atoms with Crippen LogP contribution in [0.15, 0.2) is 25.6 Å². The smallest absolute Gasteiger partial charge is 0.300 e. The Morgan fingerprint density at radius 3 is 2.68 bits per heavy atom. The molecule has 0 bridgehead atoms. The topological polar surface area (TPSA) is 78.9 Å². The van der Waals surface area contributed by atoms with E-state index in [1.54, 1.807) is 18.4 Å². The van der Waals surface area contributed by atoms with Gasteiger partial charge in [-0.25, -0.2) is 9.78 Å². The van der Waals surface area contributed by atoms with E-state index in [9.17, 15) is 14.4 Å². The minimum Gasteiger partial charge on any atom is -0.300 e. The van der Waals surface area contributed by atoms with E-state index >= 15 is 0 Å². The molecule has 0 amide bonds. The number of fused-ring (bicyclic) bond motifs is 3. The maximum absolute atomic E-state index is 13.5. The summed E-state index contributed by atoms with van der Waals surface area (Å²) in [6, 6.07) is 1.48. The Bertz CT molecular complexity index is 1300. The predicted molar refractivity (Wildman–Crippen MR) is 127 cm³/mol. The molecule has 0 N–H and O–H groups in total. The molecule has 166 valence electrons. The lowest BCUT2D eigenvalue weighted by Gasteiger charge is -2.13. The van der Waals surface area contributed by atoms with Crippen LogP contribution in [0.25, 0.3) is 10.2 Å². The summed E-state index contributed by atoms with van der Waals surface area (Å²) in [7, 11) is 3.14. The molecule has 0 aliphatic heterocycles. The summed E-state index contributed by atoms with van der Waals surface area (Å²) in [6.07, 6.45) is 7.41. The molecular weight excluding hydrogens is 432 g/mol. The van der Waals surface area contributed by atoms with Gasteiger partial charge in [-0.2, -0.15) is 0 Å². The molecule has 0 saturated heterocycles. The van der Waals surface area contributed by atoms with Crippen LogP contribution < -0.4 is 16.8 Å². The fraction of sp³-hybridized carbons (Fsp3) is 0.545. The van der Waals surface area contributed by atoms with Gasteiger partial charge in [-0.3, -0.25) is 23.3 Å². The second-order valence-electron chi connectivity index (χ2n) is 8.11. The number of thioether (sulfide) groups is 1. The van der Waals surface area contributed by atoms with Gasteiger partial charge in [-0.05, 0) is 31.2 Å². The number of aryl methyl sites for hydroxylation is 2. The number of thiophene rings is 1. The first-order valence-corrected chi connectivity index (χ1v) is 12.7. The molecule has 1 aliphatic rings. The van der Waals surface area contributed by atoms with Gasteiger partial charge in [0.2, 0.25) is 0 Å². The van der Waals surface area contributed by atoms with Crippen LogP contribution >= 0.6 is 23.1 Å². The monoisotopic (exact) mass is 460 g/mol. The molecule has 9 heteroatoms. The van der Waals surface area contributed by atoms with E-state index in [1.165, 1.54) is 39.9 Å². The summed E-state index contributed by atoms with van der Waals surface area (Å²) in [5.41, 5.74) is 1.21. The summed E-state index contributed by atoms with van der Waals surface area (Å²) in [4.78, 5) is 44.8. The lowest BCUT2D eigenvalue weighted by molar-refractivity contribution is 0.531. The van der Waals surface area contributed by atoms with Crippen molar-refractivity contribution in [3.8, 4) is 0 Å². The van der Waals surface area contributed by atoms with Crippen molar-refractivity contribution in [1.29, 1.82) is 0 Å². The number of nitrogens with zero attached hydrogens (tertiary/aromatic N) is 4. The van der Waals surface area contributed by atoms with Gasteiger partial charge in [-0.1, -0.05) is 37.9 Å². The zero-order valence-corrected chi connectivity index (χ0v) is 19.9. The Hall–Kier alpha value is -2.13. The van der Waals surface area contributed by atoms with Crippen molar-refractivity contribution < 1.29 is 0 Å². The molecule has 0 atom stereocenters. The normalized spacial score (nSPS) is 13.3. The molecule has 0 radical (unpaired) electrons. The highest BCUT2D eigenvalue weighted by Gasteiger charge is 2.23. The molecule has 1 aliphatic carbocycles.